The van der Waals surface area contributed by atoms with E-state index in [0.29, 0.717) is 31.4 Å². The van der Waals surface area contributed by atoms with Crippen molar-refractivity contribution in [2.75, 3.05) is 26.2 Å². The summed E-state index contributed by atoms with van der Waals surface area (Å²) >= 11 is 0. The fourth-order valence-electron chi connectivity index (χ4n) is 5.28. The Hall–Kier alpha value is -2.96. The van der Waals surface area contributed by atoms with E-state index < -0.39 is 5.60 Å². The van der Waals surface area contributed by atoms with Crippen LogP contribution in [0.15, 0.2) is 65.1 Å². The molecular formula is C29H33FN2O3. The zero-order chi connectivity index (χ0) is 24.3. The summed E-state index contributed by atoms with van der Waals surface area (Å²) in [5, 5.41) is 15.1. The first-order valence-electron chi connectivity index (χ1n) is 12.6. The average molecular weight is 477 g/mol. The molecule has 184 valence electrons. The molecule has 1 saturated heterocycles. The summed E-state index contributed by atoms with van der Waals surface area (Å²) in [5.74, 6) is 0.425. The van der Waals surface area contributed by atoms with Crippen molar-refractivity contribution in [3.05, 3.63) is 83.4 Å². The molecule has 35 heavy (non-hydrogen) atoms. The van der Waals surface area contributed by atoms with Crippen molar-refractivity contribution in [2.45, 2.75) is 44.1 Å². The van der Waals surface area contributed by atoms with Crippen molar-refractivity contribution in [3.63, 3.8) is 0 Å². The molecule has 0 spiro atoms. The smallest absolute Gasteiger partial charge is 0.287 e. The molecule has 1 aromatic heterocycles. The number of allylic oxidation sites excluding steroid dienone is 2. The lowest BCUT2D eigenvalue weighted by molar-refractivity contribution is -0.0289. The highest BCUT2D eigenvalue weighted by atomic mass is 19.1. The minimum atomic E-state index is -0.855. The van der Waals surface area contributed by atoms with Crippen LogP contribution in [0.25, 0.3) is 11.0 Å². The van der Waals surface area contributed by atoms with Gasteiger partial charge in [0, 0.05) is 31.6 Å². The molecule has 1 fully saturated rings. The van der Waals surface area contributed by atoms with Crippen LogP contribution in [0, 0.1) is 11.7 Å². The molecule has 0 saturated carbocycles. The second-order valence-electron chi connectivity index (χ2n) is 9.98. The highest BCUT2D eigenvalue weighted by Gasteiger charge is 2.34. The number of halogens is 1. The van der Waals surface area contributed by atoms with Crippen molar-refractivity contribution >= 4 is 16.9 Å². The topological polar surface area (TPSA) is 65.7 Å². The Balaban J connectivity index is 1.18. The fourth-order valence-corrected chi connectivity index (χ4v) is 5.28. The van der Waals surface area contributed by atoms with Crippen LogP contribution < -0.4 is 5.32 Å². The molecule has 0 radical (unpaired) electrons. The predicted octanol–water partition coefficient (Wildman–Crippen LogP) is 5.18. The summed E-state index contributed by atoms with van der Waals surface area (Å²) in [6.45, 7) is 3.32. The third-order valence-corrected chi connectivity index (χ3v) is 7.47. The first kappa shape index (κ1) is 23.8. The molecule has 1 unspecified atom stereocenters. The Kier molecular flexibility index (Phi) is 7.02. The number of carbonyl (C=O) groups excluding carboxylic acids is 1. The van der Waals surface area contributed by atoms with Crippen molar-refractivity contribution in [2.24, 2.45) is 5.92 Å². The van der Waals surface area contributed by atoms with Gasteiger partial charge in [0.05, 0.1) is 5.60 Å². The van der Waals surface area contributed by atoms with Crippen LogP contribution >= 0.6 is 0 Å². The van der Waals surface area contributed by atoms with E-state index in [4.69, 9.17) is 4.42 Å². The van der Waals surface area contributed by atoms with Crippen LogP contribution in [0.2, 0.25) is 0 Å². The number of likely N-dealkylation sites (tertiary alicyclic amines) is 1. The van der Waals surface area contributed by atoms with E-state index >= 15 is 0 Å². The second kappa shape index (κ2) is 10.3. The summed E-state index contributed by atoms with van der Waals surface area (Å²) in [6.07, 6.45) is 10.2. The van der Waals surface area contributed by atoms with Crippen LogP contribution in [0.3, 0.4) is 0 Å². The summed E-state index contributed by atoms with van der Waals surface area (Å²) < 4.78 is 18.8. The van der Waals surface area contributed by atoms with Crippen molar-refractivity contribution < 1.29 is 18.7 Å². The SMILES string of the molecule is O=C(NCCc1ccc(F)cc1)c1cc2cc(C3(O)CCN(CC4CC=CCC4)CC3)ccc2o1. The molecule has 6 heteroatoms. The fraction of sp³-hybridized carbons (Fsp3) is 0.414. The lowest BCUT2D eigenvalue weighted by Gasteiger charge is -2.40. The van der Waals surface area contributed by atoms with Gasteiger partial charge in [-0.2, -0.15) is 0 Å². The molecule has 2 heterocycles. The first-order chi connectivity index (χ1) is 17.0. The van der Waals surface area contributed by atoms with Gasteiger partial charge in [0.15, 0.2) is 5.76 Å². The number of nitrogens with one attached hydrogen (secondary N) is 1. The average Bonchev–Trinajstić information content (AvgIpc) is 3.31. The molecular weight excluding hydrogens is 443 g/mol. The lowest BCUT2D eigenvalue weighted by atomic mass is 9.83. The minimum Gasteiger partial charge on any atom is -0.451 e. The molecule has 2 aliphatic rings. The summed E-state index contributed by atoms with van der Waals surface area (Å²) in [6, 6.07) is 13.7. The number of carbonyl (C=O) groups is 1. The van der Waals surface area contributed by atoms with Crippen molar-refractivity contribution in [1.82, 2.24) is 10.2 Å². The quantitative estimate of drug-likeness (QED) is 0.461. The van der Waals surface area contributed by atoms with Crippen LogP contribution in [0.4, 0.5) is 4.39 Å². The Labute approximate surface area is 205 Å². The van der Waals surface area contributed by atoms with Gasteiger partial charge in [-0.1, -0.05) is 30.4 Å². The lowest BCUT2D eigenvalue weighted by Crippen LogP contribution is -2.44. The van der Waals surface area contributed by atoms with E-state index in [1.54, 1.807) is 18.2 Å². The molecule has 1 atom stereocenters. The Morgan fingerprint density at radius 1 is 1.11 bits per heavy atom. The van der Waals surface area contributed by atoms with Crippen LogP contribution in [-0.2, 0) is 12.0 Å². The third-order valence-electron chi connectivity index (χ3n) is 7.47. The Morgan fingerprint density at radius 2 is 1.91 bits per heavy atom. The van der Waals surface area contributed by atoms with Crippen LogP contribution in [0.1, 0.15) is 53.8 Å². The van der Waals surface area contributed by atoms with E-state index in [0.717, 1.165) is 42.1 Å². The molecule has 1 aliphatic carbocycles. The number of aliphatic hydroxyl groups is 1. The molecule has 1 aliphatic heterocycles. The molecule has 1 amide bonds. The van der Waals surface area contributed by atoms with Gasteiger partial charge in [0.1, 0.15) is 11.4 Å². The largest absolute Gasteiger partial charge is 0.451 e. The van der Waals surface area contributed by atoms with E-state index in [1.165, 1.54) is 31.4 Å². The van der Waals surface area contributed by atoms with Crippen molar-refractivity contribution in [1.29, 1.82) is 0 Å². The van der Waals surface area contributed by atoms with Gasteiger partial charge in [0.2, 0.25) is 0 Å². The Morgan fingerprint density at radius 3 is 2.66 bits per heavy atom. The van der Waals surface area contributed by atoms with Gasteiger partial charge in [0.25, 0.3) is 5.91 Å². The number of amides is 1. The maximum Gasteiger partial charge on any atom is 0.287 e. The van der Waals surface area contributed by atoms with Crippen LogP contribution in [-0.4, -0.2) is 42.1 Å². The normalized spacial score (nSPS) is 20.2. The maximum atomic E-state index is 13.0. The van der Waals surface area contributed by atoms with E-state index in [2.05, 4.69) is 22.4 Å². The number of hydrogen-bond donors (Lipinski definition) is 2. The van der Waals surface area contributed by atoms with E-state index in [-0.39, 0.29) is 17.5 Å². The molecule has 3 aromatic rings. The maximum absolute atomic E-state index is 13.0. The highest BCUT2D eigenvalue weighted by molar-refractivity contribution is 5.96. The zero-order valence-electron chi connectivity index (χ0n) is 20.0. The third kappa shape index (κ3) is 5.65. The predicted molar refractivity (Wildman–Crippen MR) is 135 cm³/mol. The molecule has 5 nitrogen and oxygen atoms in total. The zero-order valence-corrected chi connectivity index (χ0v) is 20.0. The van der Waals surface area contributed by atoms with Gasteiger partial charge in [-0.25, -0.2) is 4.39 Å². The van der Waals surface area contributed by atoms with Gasteiger partial charge < -0.3 is 19.7 Å². The monoisotopic (exact) mass is 476 g/mol. The summed E-state index contributed by atoms with van der Waals surface area (Å²) in [7, 11) is 0. The van der Waals surface area contributed by atoms with E-state index in [9.17, 15) is 14.3 Å². The van der Waals surface area contributed by atoms with Crippen LogP contribution in [0.5, 0.6) is 0 Å². The minimum absolute atomic E-state index is 0.250. The first-order valence-corrected chi connectivity index (χ1v) is 12.6. The second-order valence-corrected chi connectivity index (χ2v) is 9.98. The van der Waals surface area contributed by atoms with Crippen molar-refractivity contribution in [3.8, 4) is 0 Å². The number of piperidine rings is 1. The summed E-state index contributed by atoms with van der Waals surface area (Å²) in [4.78, 5) is 15.1. The number of fused-ring (bicyclic) bond motifs is 1. The number of hydrogen-bond acceptors (Lipinski definition) is 4. The highest BCUT2D eigenvalue weighted by Crippen LogP contribution is 2.35. The number of furan rings is 1. The molecule has 2 N–H and O–H groups in total. The number of rotatable bonds is 7. The van der Waals surface area contributed by atoms with Gasteiger partial charge >= 0.3 is 0 Å². The standard InChI is InChI=1S/C29H33FN2O3/c30-25-9-6-21(7-10-25)12-15-31-28(33)27-19-23-18-24(8-11-26(23)35-27)29(34)13-16-32(17-14-29)20-22-4-2-1-3-5-22/h1-2,6-11,18-19,22,34H,3-5,12-17,20H2,(H,31,33). The Bertz CT molecular complexity index is 1190. The number of benzene rings is 2. The van der Waals surface area contributed by atoms with E-state index in [1.807, 2.05) is 18.2 Å². The van der Waals surface area contributed by atoms with Gasteiger partial charge in [-0.05, 0) is 85.9 Å². The number of nitrogens with zero attached hydrogens (tertiary/aromatic N) is 1. The molecule has 0 bridgehead atoms. The molecule has 5 rings (SSSR count). The van der Waals surface area contributed by atoms with Gasteiger partial charge in [-0.15, -0.1) is 0 Å². The van der Waals surface area contributed by atoms with Gasteiger partial charge in [-0.3, -0.25) is 4.79 Å². The summed E-state index contributed by atoms with van der Waals surface area (Å²) in [5.41, 5.74) is 1.61. The molecule has 2 aromatic carbocycles.